The number of hydrogen-bond donors (Lipinski definition) is 3. The number of carbonyl (C=O) groups is 5. The number of ketones is 1. The van der Waals surface area contributed by atoms with Gasteiger partial charge in [0.25, 0.3) is 0 Å². The van der Waals surface area contributed by atoms with Crippen molar-refractivity contribution in [1.82, 2.24) is 16.0 Å². The first-order valence-electron chi connectivity index (χ1n) is 11.1. The van der Waals surface area contributed by atoms with Crippen molar-refractivity contribution in [2.45, 2.75) is 72.2 Å². The van der Waals surface area contributed by atoms with Gasteiger partial charge in [0.05, 0.1) is 13.0 Å². The largest absolute Gasteiger partial charge is 0.356 e. The van der Waals surface area contributed by atoms with E-state index in [-0.39, 0.29) is 48.0 Å². The van der Waals surface area contributed by atoms with Crippen molar-refractivity contribution < 1.29 is 33.4 Å². The number of rotatable bonds is 13. The average Bonchev–Trinajstić information content (AvgIpc) is 2.70. The van der Waals surface area contributed by atoms with Gasteiger partial charge in [-0.2, -0.15) is 0 Å². The fraction of sp³-hybridized carbons (Fsp3) is 0.773. The summed E-state index contributed by atoms with van der Waals surface area (Å²) in [6.45, 7) is 9.63. The molecular formula is C22H37N3O7S. The molecule has 0 aromatic rings. The molecule has 1 aliphatic rings. The fourth-order valence-electron chi connectivity index (χ4n) is 3.16. The Balaban J connectivity index is 2.38. The first-order chi connectivity index (χ1) is 15.3. The zero-order chi connectivity index (χ0) is 25.1. The highest BCUT2D eigenvalue weighted by Gasteiger charge is 2.47. The number of carbonyl (C=O) groups excluding carboxylic acids is 5. The van der Waals surface area contributed by atoms with Crippen LogP contribution in [0, 0.1) is 5.41 Å². The molecule has 2 atom stereocenters. The van der Waals surface area contributed by atoms with Crippen molar-refractivity contribution in [2.24, 2.45) is 5.41 Å². The molecule has 3 N–H and O–H groups in total. The standard InChI is InChI=1S/C22H37N3O7S/c1-15(26)13-18(29)33-12-11-24-17(28)7-10-25-20(30)19-21(3,4)14-31-22(5,32-19)8-6-9-23-16(2)27/h19H,6-14H2,1-5H3,(H,23,27)(H,24,28)(H,25,30)/t19-,22?/m0/s1. The van der Waals surface area contributed by atoms with Gasteiger partial charge in [0.2, 0.25) is 17.7 Å². The Morgan fingerprint density at radius 1 is 0.970 bits per heavy atom. The third-order valence-electron chi connectivity index (χ3n) is 4.98. The van der Waals surface area contributed by atoms with Crippen LogP contribution in [0.15, 0.2) is 0 Å². The van der Waals surface area contributed by atoms with Gasteiger partial charge in [0, 0.05) is 50.6 Å². The zero-order valence-corrected chi connectivity index (χ0v) is 21.0. The summed E-state index contributed by atoms with van der Waals surface area (Å²) in [5.41, 5.74) is -0.548. The van der Waals surface area contributed by atoms with E-state index in [2.05, 4.69) is 16.0 Å². The second-order valence-electron chi connectivity index (χ2n) is 8.99. The smallest absolute Gasteiger partial charge is 0.249 e. The number of ether oxygens (including phenoxy) is 2. The van der Waals surface area contributed by atoms with E-state index in [1.54, 1.807) is 6.92 Å². The SMILES string of the molecule is CC(=O)CC(=O)SCCNC(=O)CCNC(=O)[C@@H]1OC(C)(CCCNC(C)=O)OCC1(C)C. The van der Waals surface area contributed by atoms with E-state index >= 15 is 0 Å². The summed E-state index contributed by atoms with van der Waals surface area (Å²) in [6.07, 6.45) is 0.398. The molecule has 188 valence electrons. The normalized spacial score (nSPS) is 21.7. The van der Waals surface area contributed by atoms with Gasteiger partial charge in [-0.1, -0.05) is 25.6 Å². The summed E-state index contributed by atoms with van der Waals surface area (Å²) >= 11 is 1.01. The van der Waals surface area contributed by atoms with Crippen molar-refractivity contribution in [1.29, 1.82) is 0 Å². The molecule has 0 spiro atoms. The van der Waals surface area contributed by atoms with E-state index in [0.717, 1.165) is 11.8 Å². The highest BCUT2D eigenvalue weighted by atomic mass is 32.2. The Kier molecular flexibility index (Phi) is 12.0. The maximum atomic E-state index is 12.8. The Morgan fingerprint density at radius 3 is 2.30 bits per heavy atom. The van der Waals surface area contributed by atoms with Crippen LogP contribution in [0.25, 0.3) is 0 Å². The van der Waals surface area contributed by atoms with Crippen LogP contribution in [0.5, 0.6) is 0 Å². The summed E-state index contributed by atoms with van der Waals surface area (Å²) in [4.78, 5) is 58.0. The van der Waals surface area contributed by atoms with Crippen molar-refractivity contribution in [3.63, 3.8) is 0 Å². The molecule has 0 aliphatic carbocycles. The molecule has 0 bridgehead atoms. The minimum absolute atomic E-state index is 0.0927. The second kappa shape index (κ2) is 13.7. The number of amides is 3. The molecule has 1 heterocycles. The topological polar surface area (TPSA) is 140 Å². The number of nitrogens with one attached hydrogen (secondary N) is 3. The maximum Gasteiger partial charge on any atom is 0.249 e. The predicted octanol–water partition coefficient (Wildman–Crippen LogP) is 0.922. The first kappa shape index (κ1) is 29.1. The van der Waals surface area contributed by atoms with Gasteiger partial charge < -0.3 is 25.4 Å². The summed E-state index contributed by atoms with van der Waals surface area (Å²) < 4.78 is 11.9. The Bertz CT molecular complexity index is 729. The van der Waals surface area contributed by atoms with Crippen LogP contribution in [0.2, 0.25) is 0 Å². The monoisotopic (exact) mass is 487 g/mol. The van der Waals surface area contributed by atoms with Gasteiger partial charge in [-0.15, -0.1) is 0 Å². The van der Waals surface area contributed by atoms with Crippen LogP contribution in [-0.4, -0.2) is 72.5 Å². The molecule has 1 aliphatic heterocycles. The van der Waals surface area contributed by atoms with E-state index < -0.39 is 17.3 Å². The minimum atomic E-state index is -0.940. The Labute approximate surface area is 199 Å². The van der Waals surface area contributed by atoms with Crippen molar-refractivity contribution >= 4 is 40.4 Å². The predicted molar refractivity (Wildman–Crippen MR) is 124 cm³/mol. The molecule has 33 heavy (non-hydrogen) atoms. The molecular weight excluding hydrogens is 450 g/mol. The molecule has 0 saturated carbocycles. The summed E-state index contributed by atoms with van der Waals surface area (Å²) in [5.74, 6) is -1.40. The fourth-order valence-corrected chi connectivity index (χ4v) is 3.90. The highest BCUT2D eigenvalue weighted by molar-refractivity contribution is 8.13. The molecule has 1 rings (SSSR count). The number of Topliss-reactive ketones (excluding diaryl/α,β-unsaturated/α-hetero) is 1. The van der Waals surface area contributed by atoms with Crippen LogP contribution in [0.4, 0.5) is 0 Å². The van der Waals surface area contributed by atoms with Crippen LogP contribution in [-0.2, 0) is 33.4 Å². The van der Waals surface area contributed by atoms with Crippen molar-refractivity contribution in [3.05, 3.63) is 0 Å². The van der Waals surface area contributed by atoms with E-state index in [1.807, 2.05) is 13.8 Å². The summed E-state index contributed by atoms with van der Waals surface area (Å²) in [7, 11) is 0. The van der Waals surface area contributed by atoms with Crippen LogP contribution in [0.3, 0.4) is 0 Å². The van der Waals surface area contributed by atoms with Gasteiger partial charge in [0.15, 0.2) is 10.9 Å². The van der Waals surface area contributed by atoms with Gasteiger partial charge in [-0.25, -0.2) is 0 Å². The lowest BCUT2D eigenvalue weighted by atomic mass is 9.85. The number of thioether (sulfide) groups is 1. The van der Waals surface area contributed by atoms with Crippen molar-refractivity contribution in [2.75, 3.05) is 32.0 Å². The lowest BCUT2D eigenvalue weighted by Gasteiger charge is -2.46. The molecule has 1 saturated heterocycles. The number of hydrogen-bond acceptors (Lipinski definition) is 8. The summed E-state index contributed by atoms with van der Waals surface area (Å²) in [5, 5.41) is 7.94. The molecule has 10 nitrogen and oxygen atoms in total. The molecule has 0 aromatic heterocycles. The third-order valence-corrected chi connectivity index (χ3v) is 5.85. The highest BCUT2D eigenvalue weighted by Crippen LogP contribution is 2.37. The van der Waals surface area contributed by atoms with Gasteiger partial charge in [-0.05, 0) is 20.3 Å². The molecule has 0 radical (unpaired) electrons. The second-order valence-corrected chi connectivity index (χ2v) is 10.1. The average molecular weight is 488 g/mol. The Morgan fingerprint density at radius 2 is 1.67 bits per heavy atom. The first-order valence-corrected chi connectivity index (χ1v) is 12.1. The zero-order valence-electron chi connectivity index (χ0n) is 20.2. The quantitative estimate of drug-likeness (QED) is 0.257. The molecule has 3 amide bonds. The van der Waals surface area contributed by atoms with E-state index in [4.69, 9.17) is 9.47 Å². The van der Waals surface area contributed by atoms with Crippen LogP contribution < -0.4 is 16.0 Å². The van der Waals surface area contributed by atoms with Crippen molar-refractivity contribution in [3.8, 4) is 0 Å². The van der Waals surface area contributed by atoms with E-state index in [0.29, 0.717) is 38.3 Å². The van der Waals surface area contributed by atoms with Gasteiger partial charge >= 0.3 is 0 Å². The third kappa shape index (κ3) is 11.6. The molecule has 0 aromatic carbocycles. The molecule has 11 heteroatoms. The maximum absolute atomic E-state index is 12.8. The summed E-state index contributed by atoms with van der Waals surface area (Å²) in [6, 6.07) is 0. The molecule has 1 fully saturated rings. The van der Waals surface area contributed by atoms with Gasteiger partial charge in [0.1, 0.15) is 11.9 Å². The lowest BCUT2D eigenvalue weighted by molar-refractivity contribution is -0.315. The van der Waals surface area contributed by atoms with E-state index in [9.17, 15) is 24.0 Å². The Hall–Kier alpha value is -1.98. The van der Waals surface area contributed by atoms with Crippen LogP contribution >= 0.6 is 11.8 Å². The van der Waals surface area contributed by atoms with Gasteiger partial charge in [-0.3, -0.25) is 24.0 Å². The minimum Gasteiger partial charge on any atom is -0.356 e. The lowest BCUT2D eigenvalue weighted by Crippen LogP contribution is -2.57. The molecule has 1 unspecified atom stereocenters. The van der Waals surface area contributed by atoms with Crippen LogP contribution in [0.1, 0.15) is 60.3 Å². The van der Waals surface area contributed by atoms with E-state index in [1.165, 1.54) is 13.8 Å².